The summed E-state index contributed by atoms with van der Waals surface area (Å²) in [6, 6.07) is 3.33. The van der Waals surface area contributed by atoms with Gasteiger partial charge in [0.15, 0.2) is 0 Å². The van der Waals surface area contributed by atoms with Crippen LogP contribution in [0.25, 0.3) is 0 Å². The third-order valence-electron chi connectivity index (χ3n) is 2.58. The van der Waals surface area contributed by atoms with E-state index in [0.29, 0.717) is 6.54 Å². The van der Waals surface area contributed by atoms with Gasteiger partial charge in [-0.25, -0.2) is 12.8 Å². The van der Waals surface area contributed by atoms with Gasteiger partial charge in [-0.3, -0.25) is 9.52 Å². The van der Waals surface area contributed by atoms with E-state index in [0.717, 1.165) is 18.4 Å². The summed E-state index contributed by atoms with van der Waals surface area (Å²) in [6.45, 7) is 2.20. The number of hydrogen-bond donors (Lipinski definition) is 3. The molecule has 0 bridgehead atoms. The van der Waals surface area contributed by atoms with E-state index < -0.39 is 21.7 Å². The van der Waals surface area contributed by atoms with Crippen molar-refractivity contribution in [3.63, 3.8) is 0 Å². The molecule has 3 N–H and O–H groups in total. The molecule has 1 amide bonds. The molecule has 9 heteroatoms. The van der Waals surface area contributed by atoms with Crippen molar-refractivity contribution in [2.45, 2.75) is 13.0 Å². The van der Waals surface area contributed by atoms with E-state index in [-0.39, 0.29) is 29.7 Å². The number of rotatable bonds is 6. The molecule has 0 aliphatic heterocycles. The van der Waals surface area contributed by atoms with Gasteiger partial charge >= 0.3 is 0 Å². The fourth-order valence-corrected chi connectivity index (χ4v) is 2.01. The third-order valence-corrected chi connectivity index (χ3v) is 3.17. The van der Waals surface area contributed by atoms with E-state index in [2.05, 4.69) is 15.4 Å². The molecule has 0 aliphatic rings. The minimum atomic E-state index is -3.55. The van der Waals surface area contributed by atoms with E-state index in [4.69, 9.17) is 0 Å². The Morgan fingerprint density at radius 3 is 2.52 bits per heavy atom. The van der Waals surface area contributed by atoms with Crippen LogP contribution in [-0.2, 0) is 10.0 Å². The molecule has 0 radical (unpaired) electrons. The number of nitrogens with one attached hydrogen (secondary N) is 3. The molecule has 0 spiro atoms. The van der Waals surface area contributed by atoms with Gasteiger partial charge in [-0.2, -0.15) is 0 Å². The SMILES string of the molecule is CNC(C)CNC(=O)c1cc(F)ccc1NS(C)(=O)=O.Cl. The molecule has 0 saturated carbocycles. The van der Waals surface area contributed by atoms with Crippen LogP contribution in [0, 0.1) is 5.82 Å². The smallest absolute Gasteiger partial charge is 0.253 e. The van der Waals surface area contributed by atoms with Gasteiger partial charge in [0.05, 0.1) is 17.5 Å². The van der Waals surface area contributed by atoms with Crippen LogP contribution in [0.15, 0.2) is 18.2 Å². The van der Waals surface area contributed by atoms with Gasteiger partial charge in [0.1, 0.15) is 5.82 Å². The van der Waals surface area contributed by atoms with Crippen LogP contribution < -0.4 is 15.4 Å². The van der Waals surface area contributed by atoms with Crippen LogP contribution in [0.2, 0.25) is 0 Å². The molecule has 0 saturated heterocycles. The summed E-state index contributed by atoms with van der Waals surface area (Å²) in [7, 11) is -1.80. The van der Waals surface area contributed by atoms with Gasteiger partial charge in [-0.1, -0.05) is 0 Å². The Labute approximate surface area is 130 Å². The van der Waals surface area contributed by atoms with E-state index in [1.54, 1.807) is 7.05 Å². The van der Waals surface area contributed by atoms with Gasteiger partial charge in [0.2, 0.25) is 10.0 Å². The highest BCUT2D eigenvalue weighted by atomic mass is 35.5. The van der Waals surface area contributed by atoms with Gasteiger partial charge in [0, 0.05) is 12.6 Å². The van der Waals surface area contributed by atoms with Crippen LogP contribution in [0.4, 0.5) is 10.1 Å². The van der Waals surface area contributed by atoms with Crippen LogP contribution >= 0.6 is 12.4 Å². The Bertz CT molecular complexity index is 595. The lowest BCUT2D eigenvalue weighted by Gasteiger charge is -2.14. The monoisotopic (exact) mass is 339 g/mol. The van der Waals surface area contributed by atoms with Crippen LogP contribution in [-0.4, -0.2) is 40.2 Å². The number of sulfonamides is 1. The first-order valence-corrected chi connectivity index (χ1v) is 7.85. The summed E-state index contributed by atoms with van der Waals surface area (Å²) < 4.78 is 37.9. The minimum Gasteiger partial charge on any atom is -0.350 e. The van der Waals surface area contributed by atoms with Gasteiger partial charge in [-0.05, 0) is 32.2 Å². The lowest BCUT2D eigenvalue weighted by Crippen LogP contribution is -2.37. The summed E-state index contributed by atoms with van der Waals surface area (Å²) in [5.74, 6) is -1.16. The van der Waals surface area contributed by atoms with Crippen molar-refractivity contribution in [2.24, 2.45) is 0 Å². The first-order valence-electron chi connectivity index (χ1n) is 5.95. The van der Waals surface area contributed by atoms with Crippen molar-refractivity contribution in [2.75, 3.05) is 24.6 Å². The van der Waals surface area contributed by atoms with Crippen LogP contribution in [0.3, 0.4) is 0 Å². The maximum atomic E-state index is 13.2. The fraction of sp³-hybridized carbons (Fsp3) is 0.417. The molecule has 1 aromatic carbocycles. The van der Waals surface area contributed by atoms with Crippen molar-refractivity contribution >= 4 is 34.0 Å². The van der Waals surface area contributed by atoms with E-state index in [1.165, 1.54) is 6.07 Å². The number of carbonyl (C=O) groups excluding carboxylic acids is 1. The molecule has 1 rings (SSSR count). The second kappa shape index (κ2) is 8.16. The molecule has 120 valence electrons. The molecule has 0 aliphatic carbocycles. The summed E-state index contributed by atoms with van der Waals surface area (Å²) >= 11 is 0. The van der Waals surface area contributed by atoms with Crippen LogP contribution in [0.1, 0.15) is 17.3 Å². The van der Waals surface area contributed by atoms with Crippen molar-refractivity contribution in [3.05, 3.63) is 29.6 Å². The molecule has 21 heavy (non-hydrogen) atoms. The highest BCUT2D eigenvalue weighted by Crippen LogP contribution is 2.18. The molecule has 0 fully saturated rings. The minimum absolute atomic E-state index is 0. The normalized spacial score (nSPS) is 12.2. The van der Waals surface area contributed by atoms with Crippen molar-refractivity contribution in [1.82, 2.24) is 10.6 Å². The third kappa shape index (κ3) is 6.74. The van der Waals surface area contributed by atoms with Gasteiger partial charge in [-0.15, -0.1) is 12.4 Å². The van der Waals surface area contributed by atoms with E-state index in [1.807, 2.05) is 6.92 Å². The van der Waals surface area contributed by atoms with Crippen molar-refractivity contribution in [3.8, 4) is 0 Å². The van der Waals surface area contributed by atoms with E-state index >= 15 is 0 Å². The molecule has 1 atom stereocenters. The first-order chi connectivity index (χ1) is 9.23. The Morgan fingerprint density at radius 1 is 1.38 bits per heavy atom. The largest absolute Gasteiger partial charge is 0.350 e. The number of benzene rings is 1. The highest BCUT2D eigenvalue weighted by Gasteiger charge is 2.15. The number of anilines is 1. The zero-order valence-electron chi connectivity index (χ0n) is 11.9. The quantitative estimate of drug-likeness (QED) is 0.720. The number of hydrogen-bond acceptors (Lipinski definition) is 4. The molecule has 0 aromatic heterocycles. The Kier molecular flexibility index (Phi) is 7.62. The van der Waals surface area contributed by atoms with Crippen molar-refractivity contribution < 1.29 is 17.6 Å². The van der Waals surface area contributed by atoms with Gasteiger partial charge in [0.25, 0.3) is 5.91 Å². The van der Waals surface area contributed by atoms with Crippen LogP contribution in [0.5, 0.6) is 0 Å². The number of halogens is 2. The average Bonchev–Trinajstić information content (AvgIpc) is 2.36. The maximum absolute atomic E-state index is 13.2. The molecule has 1 unspecified atom stereocenters. The molecular formula is C12H19ClFN3O3S. The zero-order chi connectivity index (χ0) is 15.3. The Hall–Kier alpha value is -1.38. The second-order valence-corrected chi connectivity index (χ2v) is 6.21. The molecule has 1 aromatic rings. The Balaban J connectivity index is 0.00000400. The molecule has 0 heterocycles. The topological polar surface area (TPSA) is 87.3 Å². The summed E-state index contributed by atoms with van der Waals surface area (Å²) in [4.78, 5) is 12.0. The fourth-order valence-electron chi connectivity index (χ4n) is 1.44. The molecular weight excluding hydrogens is 321 g/mol. The molecule has 6 nitrogen and oxygen atoms in total. The van der Waals surface area contributed by atoms with Gasteiger partial charge < -0.3 is 10.6 Å². The number of amides is 1. The lowest BCUT2D eigenvalue weighted by molar-refractivity contribution is 0.0951. The predicted molar refractivity (Wildman–Crippen MR) is 83.0 cm³/mol. The first kappa shape index (κ1) is 19.6. The lowest BCUT2D eigenvalue weighted by atomic mass is 10.1. The predicted octanol–water partition coefficient (Wildman–Crippen LogP) is 0.957. The summed E-state index contributed by atoms with van der Waals surface area (Å²) in [5, 5.41) is 5.54. The number of likely N-dealkylation sites (N-methyl/N-ethyl adjacent to an activating group) is 1. The summed E-state index contributed by atoms with van der Waals surface area (Å²) in [5.41, 5.74) is -0.0118. The Morgan fingerprint density at radius 2 is 2.00 bits per heavy atom. The standard InChI is InChI=1S/C12H18FN3O3S.ClH/c1-8(14-2)7-15-12(17)10-6-9(13)4-5-11(10)16-20(3,18)19;/h4-6,8,14,16H,7H2,1-3H3,(H,15,17);1H. The summed E-state index contributed by atoms with van der Waals surface area (Å²) in [6.07, 6.45) is 0.959. The zero-order valence-corrected chi connectivity index (χ0v) is 13.6. The maximum Gasteiger partial charge on any atom is 0.253 e. The number of carbonyl (C=O) groups is 1. The van der Waals surface area contributed by atoms with E-state index in [9.17, 15) is 17.6 Å². The highest BCUT2D eigenvalue weighted by molar-refractivity contribution is 7.92. The van der Waals surface area contributed by atoms with Crippen molar-refractivity contribution in [1.29, 1.82) is 0 Å². The average molecular weight is 340 g/mol. The second-order valence-electron chi connectivity index (χ2n) is 4.46.